The van der Waals surface area contributed by atoms with Crippen molar-refractivity contribution in [2.45, 2.75) is 0 Å². The summed E-state index contributed by atoms with van der Waals surface area (Å²) in [4.78, 5) is 30.9. The Kier molecular flexibility index (Phi) is 4.67. The number of thiazole rings is 1. The number of hydrogen-bond donors (Lipinski definition) is 1. The van der Waals surface area contributed by atoms with Gasteiger partial charge in [-0.3, -0.25) is 9.59 Å². The molecule has 0 radical (unpaired) electrons. The fraction of sp³-hybridized carbons (Fsp3) is 0.0952. The average molecular weight is 391 g/mol. The van der Waals surface area contributed by atoms with Gasteiger partial charge in [0.15, 0.2) is 16.5 Å². The van der Waals surface area contributed by atoms with Crippen molar-refractivity contribution in [3.8, 4) is 10.8 Å². The number of anilines is 1. The minimum absolute atomic E-state index is 0.154. The van der Waals surface area contributed by atoms with Crippen LogP contribution in [0.15, 0.2) is 65.1 Å². The second-order valence-electron chi connectivity index (χ2n) is 6.35. The fourth-order valence-corrected chi connectivity index (χ4v) is 3.68. The van der Waals surface area contributed by atoms with E-state index in [0.717, 1.165) is 10.2 Å². The Balaban J connectivity index is 1.58. The zero-order valence-corrected chi connectivity index (χ0v) is 16.1. The first kappa shape index (κ1) is 17.9. The summed E-state index contributed by atoms with van der Waals surface area (Å²) in [5, 5.41) is 3.47. The number of aromatic nitrogens is 1. The van der Waals surface area contributed by atoms with Gasteiger partial charge in [0, 0.05) is 14.1 Å². The van der Waals surface area contributed by atoms with Gasteiger partial charge in [-0.2, -0.15) is 0 Å². The molecule has 6 nitrogen and oxygen atoms in total. The van der Waals surface area contributed by atoms with Crippen LogP contribution in [0.4, 0.5) is 5.69 Å². The summed E-state index contributed by atoms with van der Waals surface area (Å²) in [7, 11) is 3.33. The maximum atomic E-state index is 12.6. The van der Waals surface area contributed by atoms with Gasteiger partial charge in [-0.15, -0.1) is 11.3 Å². The van der Waals surface area contributed by atoms with Crippen molar-refractivity contribution in [2.75, 3.05) is 19.4 Å². The normalized spacial score (nSPS) is 10.8. The molecule has 2 amide bonds. The highest BCUT2D eigenvalue weighted by atomic mass is 32.1. The molecule has 2 aromatic heterocycles. The number of amides is 2. The molecule has 0 saturated carbocycles. The van der Waals surface area contributed by atoms with Crippen molar-refractivity contribution in [2.24, 2.45) is 0 Å². The first-order valence-electron chi connectivity index (χ1n) is 8.61. The Labute approximate surface area is 165 Å². The quantitative estimate of drug-likeness (QED) is 0.555. The Bertz CT molecular complexity index is 1140. The Morgan fingerprint density at radius 2 is 1.75 bits per heavy atom. The molecular formula is C21H17N3O3S. The zero-order chi connectivity index (χ0) is 19.7. The van der Waals surface area contributed by atoms with E-state index in [2.05, 4.69) is 10.3 Å². The lowest BCUT2D eigenvalue weighted by molar-refractivity contribution is 0.0828. The SMILES string of the molecule is CN(C)C(=O)c1ccccc1NC(=O)c1ccc(-c2nc3ccccc3s2)o1. The molecular weight excluding hydrogens is 374 g/mol. The lowest BCUT2D eigenvalue weighted by Crippen LogP contribution is -2.24. The standard InChI is InChI=1S/C21H17N3O3S/c1-24(2)21(26)13-7-3-4-8-14(13)22-19(25)16-11-12-17(27-16)20-23-15-9-5-6-10-18(15)28-20/h3-12H,1-2H3,(H,22,25). The van der Waals surface area contributed by atoms with Gasteiger partial charge in [-0.05, 0) is 36.4 Å². The average Bonchev–Trinajstić information content (AvgIpc) is 3.34. The van der Waals surface area contributed by atoms with E-state index >= 15 is 0 Å². The van der Waals surface area contributed by atoms with Crippen molar-refractivity contribution >= 4 is 39.1 Å². The van der Waals surface area contributed by atoms with Crippen molar-refractivity contribution in [1.82, 2.24) is 9.88 Å². The summed E-state index contributed by atoms with van der Waals surface area (Å²) in [6.45, 7) is 0. The van der Waals surface area contributed by atoms with Crippen LogP contribution in [-0.2, 0) is 0 Å². The number of fused-ring (bicyclic) bond motifs is 1. The van der Waals surface area contributed by atoms with Gasteiger partial charge in [-0.1, -0.05) is 24.3 Å². The van der Waals surface area contributed by atoms with E-state index in [0.29, 0.717) is 22.0 Å². The Morgan fingerprint density at radius 1 is 1.00 bits per heavy atom. The second kappa shape index (κ2) is 7.28. The van der Waals surface area contributed by atoms with Crippen LogP contribution in [-0.4, -0.2) is 35.8 Å². The van der Waals surface area contributed by atoms with Gasteiger partial charge < -0.3 is 14.6 Å². The van der Waals surface area contributed by atoms with E-state index in [1.54, 1.807) is 50.5 Å². The molecule has 0 saturated heterocycles. The van der Waals surface area contributed by atoms with Gasteiger partial charge in [0.25, 0.3) is 11.8 Å². The van der Waals surface area contributed by atoms with Crippen molar-refractivity contribution in [3.63, 3.8) is 0 Å². The maximum absolute atomic E-state index is 12.6. The van der Waals surface area contributed by atoms with Crippen LogP contribution in [0.3, 0.4) is 0 Å². The van der Waals surface area contributed by atoms with Crippen LogP contribution in [0.1, 0.15) is 20.9 Å². The summed E-state index contributed by atoms with van der Waals surface area (Å²) in [6, 6.07) is 18.0. The van der Waals surface area contributed by atoms with E-state index in [-0.39, 0.29) is 11.7 Å². The Hall–Kier alpha value is -3.45. The number of hydrogen-bond acceptors (Lipinski definition) is 5. The van der Waals surface area contributed by atoms with E-state index in [9.17, 15) is 9.59 Å². The number of benzene rings is 2. The molecule has 0 atom stereocenters. The van der Waals surface area contributed by atoms with Crippen molar-refractivity contribution in [3.05, 3.63) is 72.0 Å². The van der Waals surface area contributed by atoms with Gasteiger partial charge in [-0.25, -0.2) is 4.98 Å². The first-order valence-corrected chi connectivity index (χ1v) is 9.42. The first-order chi connectivity index (χ1) is 13.5. The zero-order valence-electron chi connectivity index (χ0n) is 15.3. The van der Waals surface area contributed by atoms with Crippen molar-refractivity contribution < 1.29 is 14.0 Å². The second-order valence-corrected chi connectivity index (χ2v) is 7.38. The van der Waals surface area contributed by atoms with E-state index in [4.69, 9.17) is 4.42 Å². The molecule has 4 aromatic rings. The number of nitrogens with zero attached hydrogens (tertiary/aromatic N) is 2. The Morgan fingerprint density at radius 3 is 2.54 bits per heavy atom. The van der Waals surface area contributed by atoms with E-state index in [1.807, 2.05) is 24.3 Å². The highest BCUT2D eigenvalue weighted by Crippen LogP contribution is 2.31. The third-order valence-electron chi connectivity index (χ3n) is 4.15. The summed E-state index contributed by atoms with van der Waals surface area (Å²) >= 11 is 1.50. The minimum atomic E-state index is -0.425. The molecule has 4 rings (SSSR count). The molecule has 2 heterocycles. The molecule has 140 valence electrons. The van der Waals surface area contributed by atoms with E-state index in [1.165, 1.54) is 16.2 Å². The molecule has 0 aliphatic carbocycles. The highest BCUT2D eigenvalue weighted by Gasteiger charge is 2.18. The number of nitrogens with one attached hydrogen (secondary N) is 1. The molecule has 0 spiro atoms. The van der Waals surface area contributed by atoms with E-state index < -0.39 is 5.91 Å². The topological polar surface area (TPSA) is 75.4 Å². The smallest absolute Gasteiger partial charge is 0.291 e. The van der Waals surface area contributed by atoms with Gasteiger partial charge in [0.1, 0.15) is 0 Å². The molecule has 0 aliphatic rings. The van der Waals surface area contributed by atoms with Crippen LogP contribution in [0.2, 0.25) is 0 Å². The lowest BCUT2D eigenvalue weighted by atomic mass is 10.1. The molecule has 1 N–H and O–H groups in total. The molecule has 28 heavy (non-hydrogen) atoms. The third-order valence-corrected chi connectivity index (χ3v) is 5.20. The maximum Gasteiger partial charge on any atom is 0.291 e. The van der Waals surface area contributed by atoms with Crippen LogP contribution in [0.5, 0.6) is 0 Å². The minimum Gasteiger partial charge on any atom is -0.448 e. The number of carbonyl (C=O) groups is 2. The van der Waals surface area contributed by atoms with Gasteiger partial charge in [0.2, 0.25) is 0 Å². The monoisotopic (exact) mass is 391 g/mol. The summed E-state index contributed by atoms with van der Waals surface area (Å²) < 4.78 is 6.77. The summed E-state index contributed by atoms with van der Waals surface area (Å²) in [5.41, 5.74) is 1.74. The number of carbonyl (C=O) groups excluding carboxylic acids is 2. The predicted octanol–water partition coefficient (Wildman–Crippen LogP) is 4.51. The number of furan rings is 1. The third kappa shape index (κ3) is 3.39. The van der Waals surface area contributed by atoms with Crippen molar-refractivity contribution in [1.29, 1.82) is 0 Å². The number of para-hydroxylation sites is 2. The predicted molar refractivity (Wildman–Crippen MR) is 110 cm³/mol. The summed E-state index contributed by atoms with van der Waals surface area (Å²) in [6.07, 6.45) is 0. The van der Waals surface area contributed by atoms with Gasteiger partial charge >= 0.3 is 0 Å². The van der Waals surface area contributed by atoms with Crippen LogP contribution >= 0.6 is 11.3 Å². The lowest BCUT2D eigenvalue weighted by Gasteiger charge is -2.14. The molecule has 0 fully saturated rings. The highest BCUT2D eigenvalue weighted by molar-refractivity contribution is 7.21. The molecule has 2 aromatic carbocycles. The summed E-state index contributed by atoms with van der Waals surface area (Å²) in [5.74, 6) is 0.0715. The molecule has 0 unspecified atom stereocenters. The van der Waals surface area contributed by atoms with Crippen LogP contribution in [0, 0.1) is 0 Å². The van der Waals surface area contributed by atoms with Crippen LogP contribution in [0.25, 0.3) is 21.0 Å². The molecule has 0 bridgehead atoms. The molecule has 7 heteroatoms. The fourth-order valence-electron chi connectivity index (χ4n) is 2.76. The largest absolute Gasteiger partial charge is 0.448 e. The van der Waals surface area contributed by atoms with Crippen LogP contribution < -0.4 is 5.32 Å². The number of rotatable bonds is 4. The van der Waals surface area contributed by atoms with Gasteiger partial charge in [0.05, 0.1) is 21.5 Å². The molecule has 0 aliphatic heterocycles.